The van der Waals surface area contributed by atoms with Crippen molar-refractivity contribution in [1.29, 1.82) is 0 Å². The fraction of sp³-hybridized carbons (Fsp3) is 0.211. The van der Waals surface area contributed by atoms with Gasteiger partial charge in [-0.25, -0.2) is 9.59 Å². The fourth-order valence-corrected chi connectivity index (χ4v) is 2.46. The highest BCUT2D eigenvalue weighted by Crippen LogP contribution is 2.21. The number of para-hydroxylation sites is 1. The van der Waals surface area contributed by atoms with Crippen LogP contribution in [0.1, 0.15) is 17.3 Å². The molecule has 7 nitrogen and oxygen atoms in total. The highest BCUT2D eigenvalue weighted by atomic mass is 16.5. The number of amides is 3. The third-order valence-electron chi connectivity index (χ3n) is 3.82. The van der Waals surface area contributed by atoms with Crippen LogP contribution in [0, 0.1) is 0 Å². The number of carbonyl (C=O) groups is 3. The first-order chi connectivity index (χ1) is 12.5. The van der Waals surface area contributed by atoms with E-state index in [0.29, 0.717) is 18.0 Å². The third-order valence-corrected chi connectivity index (χ3v) is 3.82. The number of esters is 1. The van der Waals surface area contributed by atoms with E-state index in [-0.39, 0.29) is 12.1 Å². The molecule has 1 saturated heterocycles. The molecule has 1 unspecified atom stereocenters. The number of hydrogen-bond donors (Lipinski definition) is 1. The van der Waals surface area contributed by atoms with Crippen LogP contribution in [0.5, 0.6) is 11.5 Å². The van der Waals surface area contributed by atoms with E-state index in [9.17, 15) is 14.4 Å². The van der Waals surface area contributed by atoms with Crippen LogP contribution in [0.3, 0.4) is 0 Å². The molecule has 3 rings (SSSR count). The SMILES string of the molecule is CC(OC(=O)c1ccc(Oc2ccccc2)cc1)C(=O)N1CCNC1=O. The van der Waals surface area contributed by atoms with Crippen molar-refractivity contribution in [3.05, 3.63) is 60.2 Å². The molecule has 134 valence electrons. The summed E-state index contributed by atoms with van der Waals surface area (Å²) >= 11 is 0. The van der Waals surface area contributed by atoms with Gasteiger partial charge in [0.2, 0.25) is 0 Å². The Balaban J connectivity index is 1.59. The lowest BCUT2D eigenvalue weighted by atomic mass is 10.2. The molecular formula is C19H18N2O5. The Bertz CT molecular complexity index is 804. The molecule has 0 aromatic heterocycles. The Kier molecular flexibility index (Phi) is 5.17. The van der Waals surface area contributed by atoms with Crippen LogP contribution in [-0.2, 0) is 9.53 Å². The van der Waals surface area contributed by atoms with Gasteiger partial charge in [0.25, 0.3) is 5.91 Å². The molecule has 2 aromatic rings. The zero-order valence-corrected chi connectivity index (χ0v) is 14.2. The lowest BCUT2D eigenvalue weighted by Gasteiger charge is -2.18. The molecule has 0 radical (unpaired) electrons. The molecule has 1 aliphatic heterocycles. The van der Waals surface area contributed by atoms with Crippen LogP contribution >= 0.6 is 0 Å². The van der Waals surface area contributed by atoms with Crippen LogP contribution < -0.4 is 10.1 Å². The van der Waals surface area contributed by atoms with Crippen LogP contribution in [0.4, 0.5) is 4.79 Å². The van der Waals surface area contributed by atoms with Crippen molar-refractivity contribution in [1.82, 2.24) is 10.2 Å². The van der Waals surface area contributed by atoms with Crippen molar-refractivity contribution in [2.75, 3.05) is 13.1 Å². The maximum atomic E-state index is 12.2. The van der Waals surface area contributed by atoms with Crippen molar-refractivity contribution in [3.8, 4) is 11.5 Å². The first-order valence-corrected chi connectivity index (χ1v) is 8.18. The van der Waals surface area contributed by atoms with Gasteiger partial charge in [-0.2, -0.15) is 0 Å². The van der Waals surface area contributed by atoms with Gasteiger partial charge in [0.05, 0.1) is 5.56 Å². The average molecular weight is 354 g/mol. The Hall–Kier alpha value is -3.35. The number of carbonyl (C=O) groups excluding carboxylic acids is 3. The lowest BCUT2D eigenvalue weighted by Crippen LogP contribution is -2.41. The minimum atomic E-state index is -1.05. The summed E-state index contributed by atoms with van der Waals surface area (Å²) < 4.78 is 10.8. The highest BCUT2D eigenvalue weighted by Gasteiger charge is 2.31. The van der Waals surface area contributed by atoms with Gasteiger partial charge in [0.15, 0.2) is 6.10 Å². The summed E-state index contributed by atoms with van der Waals surface area (Å²) in [6.45, 7) is 2.11. The van der Waals surface area contributed by atoms with E-state index in [1.807, 2.05) is 30.3 Å². The molecule has 7 heteroatoms. The van der Waals surface area contributed by atoms with Crippen molar-refractivity contribution in [2.24, 2.45) is 0 Å². The van der Waals surface area contributed by atoms with Gasteiger partial charge in [-0.1, -0.05) is 18.2 Å². The zero-order valence-electron chi connectivity index (χ0n) is 14.2. The number of rotatable bonds is 5. The number of imide groups is 1. The molecule has 1 atom stereocenters. The maximum Gasteiger partial charge on any atom is 0.338 e. The van der Waals surface area contributed by atoms with Crippen molar-refractivity contribution in [3.63, 3.8) is 0 Å². The smallest absolute Gasteiger partial charge is 0.338 e. The summed E-state index contributed by atoms with van der Waals surface area (Å²) in [6, 6.07) is 15.2. The molecule has 1 heterocycles. The minimum absolute atomic E-state index is 0.269. The number of hydrogen-bond acceptors (Lipinski definition) is 5. The summed E-state index contributed by atoms with van der Waals surface area (Å²) in [5, 5.41) is 2.53. The topological polar surface area (TPSA) is 84.9 Å². The van der Waals surface area contributed by atoms with Crippen LogP contribution in [-0.4, -0.2) is 42.0 Å². The van der Waals surface area contributed by atoms with Crippen LogP contribution in [0.25, 0.3) is 0 Å². The summed E-state index contributed by atoms with van der Waals surface area (Å²) in [4.78, 5) is 36.9. The Labute approximate surface area is 150 Å². The summed E-state index contributed by atoms with van der Waals surface area (Å²) in [5.41, 5.74) is 0.288. The highest BCUT2D eigenvalue weighted by molar-refractivity contribution is 5.99. The maximum absolute atomic E-state index is 12.2. The molecule has 1 N–H and O–H groups in total. The Morgan fingerprint density at radius 3 is 2.31 bits per heavy atom. The Morgan fingerprint density at radius 2 is 1.69 bits per heavy atom. The molecule has 26 heavy (non-hydrogen) atoms. The molecule has 0 saturated carbocycles. The lowest BCUT2D eigenvalue weighted by molar-refractivity contribution is -0.136. The first-order valence-electron chi connectivity index (χ1n) is 8.18. The third kappa shape index (κ3) is 4.00. The van der Waals surface area contributed by atoms with Crippen molar-refractivity contribution >= 4 is 17.9 Å². The monoisotopic (exact) mass is 354 g/mol. The number of urea groups is 1. The zero-order chi connectivity index (χ0) is 18.5. The fourth-order valence-electron chi connectivity index (χ4n) is 2.46. The molecule has 0 spiro atoms. The van der Waals surface area contributed by atoms with Gasteiger partial charge in [-0.05, 0) is 43.3 Å². The van der Waals surface area contributed by atoms with Gasteiger partial charge in [0.1, 0.15) is 11.5 Å². The van der Waals surface area contributed by atoms with Crippen LogP contribution in [0.2, 0.25) is 0 Å². The molecule has 0 aliphatic carbocycles. The van der Waals surface area contributed by atoms with E-state index in [1.54, 1.807) is 24.3 Å². The summed E-state index contributed by atoms with van der Waals surface area (Å²) in [7, 11) is 0. The van der Waals surface area contributed by atoms with E-state index < -0.39 is 24.0 Å². The van der Waals surface area contributed by atoms with Crippen LogP contribution in [0.15, 0.2) is 54.6 Å². The van der Waals surface area contributed by atoms with E-state index in [4.69, 9.17) is 9.47 Å². The second-order valence-electron chi connectivity index (χ2n) is 5.71. The largest absolute Gasteiger partial charge is 0.457 e. The first kappa shape index (κ1) is 17.5. The molecule has 1 aliphatic rings. The standard InChI is InChI=1S/C19H18N2O5/c1-13(17(22)21-12-11-20-19(21)24)25-18(23)14-7-9-16(10-8-14)26-15-5-3-2-4-6-15/h2-10,13H,11-12H2,1H3,(H,20,24). The second-order valence-corrected chi connectivity index (χ2v) is 5.71. The minimum Gasteiger partial charge on any atom is -0.457 e. The van der Waals surface area contributed by atoms with E-state index in [0.717, 1.165) is 4.90 Å². The van der Waals surface area contributed by atoms with Crippen molar-refractivity contribution < 1.29 is 23.9 Å². The number of nitrogens with zero attached hydrogens (tertiary/aromatic N) is 1. The molecule has 2 aromatic carbocycles. The predicted octanol–water partition coefficient (Wildman–Crippen LogP) is 2.58. The number of nitrogens with one attached hydrogen (secondary N) is 1. The van der Waals surface area contributed by atoms with Gasteiger partial charge in [0, 0.05) is 13.1 Å². The molecule has 1 fully saturated rings. The average Bonchev–Trinajstić information content (AvgIpc) is 3.08. The predicted molar refractivity (Wildman–Crippen MR) is 92.9 cm³/mol. The summed E-state index contributed by atoms with van der Waals surface area (Å²) in [6.07, 6.45) is -1.05. The van der Waals surface area contributed by atoms with Gasteiger partial charge in [-0.15, -0.1) is 0 Å². The van der Waals surface area contributed by atoms with Gasteiger partial charge < -0.3 is 14.8 Å². The van der Waals surface area contributed by atoms with E-state index in [1.165, 1.54) is 6.92 Å². The quantitative estimate of drug-likeness (QED) is 0.834. The van der Waals surface area contributed by atoms with E-state index in [2.05, 4.69) is 5.32 Å². The van der Waals surface area contributed by atoms with Gasteiger partial charge in [-0.3, -0.25) is 9.69 Å². The number of benzene rings is 2. The molecule has 3 amide bonds. The van der Waals surface area contributed by atoms with Gasteiger partial charge >= 0.3 is 12.0 Å². The van der Waals surface area contributed by atoms with Crippen molar-refractivity contribution in [2.45, 2.75) is 13.0 Å². The Morgan fingerprint density at radius 1 is 1.04 bits per heavy atom. The normalized spacial score (nSPS) is 14.5. The second kappa shape index (κ2) is 7.69. The number of ether oxygens (including phenoxy) is 2. The summed E-state index contributed by atoms with van der Waals surface area (Å²) in [5.74, 6) is 0.0747. The molecular weight excluding hydrogens is 336 g/mol. The molecule has 0 bridgehead atoms. The van der Waals surface area contributed by atoms with E-state index >= 15 is 0 Å².